The Morgan fingerprint density at radius 1 is 1.47 bits per heavy atom. The molecule has 4 heteroatoms. The molecule has 1 atom stereocenters. The van der Waals surface area contributed by atoms with Crippen molar-refractivity contribution in [2.24, 2.45) is 5.92 Å². The lowest BCUT2D eigenvalue weighted by molar-refractivity contribution is -0.117. The van der Waals surface area contributed by atoms with Crippen molar-refractivity contribution in [2.75, 3.05) is 25.6 Å². The molecule has 0 bridgehead atoms. The van der Waals surface area contributed by atoms with Gasteiger partial charge in [-0.15, -0.1) is 0 Å². The molecule has 0 fully saturated rings. The Hall–Kier alpha value is -1.39. The highest BCUT2D eigenvalue weighted by Crippen LogP contribution is 2.19. The molecule has 0 spiro atoms. The summed E-state index contributed by atoms with van der Waals surface area (Å²) >= 11 is 0. The van der Waals surface area contributed by atoms with Crippen LogP contribution in [0, 0.1) is 5.92 Å². The van der Waals surface area contributed by atoms with Crippen molar-refractivity contribution in [3.8, 4) is 0 Å². The van der Waals surface area contributed by atoms with Gasteiger partial charge >= 0.3 is 0 Å². The largest absolute Gasteiger partial charge is 0.384 e. The van der Waals surface area contributed by atoms with Crippen molar-refractivity contribution in [2.45, 2.75) is 26.3 Å². The third-order valence-electron chi connectivity index (χ3n) is 3.36. The summed E-state index contributed by atoms with van der Waals surface area (Å²) in [6.45, 7) is 4.55. The number of anilines is 1. The van der Waals surface area contributed by atoms with E-state index in [0.29, 0.717) is 13.0 Å². The van der Waals surface area contributed by atoms with E-state index in [-0.39, 0.29) is 11.8 Å². The van der Waals surface area contributed by atoms with Gasteiger partial charge in [0.2, 0.25) is 5.91 Å². The Morgan fingerprint density at radius 2 is 2.32 bits per heavy atom. The predicted octanol–water partition coefficient (Wildman–Crippen LogP) is 1.94. The first-order chi connectivity index (χ1) is 9.19. The maximum absolute atomic E-state index is 11.9. The van der Waals surface area contributed by atoms with E-state index < -0.39 is 0 Å². The number of amides is 1. The number of rotatable bonds is 5. The minimum absolute atomic E-state index is 0.0493. The fourth-order valence-electron chi connectivity index (χ4n) is 2.43. The fraction of sp³-hybridized carbons (Fsp3) is 0.533. The number of carbonyl (C=O) groups is 1. The van der Waals surface area contributed by atoms with Crippen LogP contribution in [0.15, 0.2) is 18.2 Å². The zero-order valence-corrected chi connectivity index (χ0v) is 11.7. The first kappa shape index (κ1) is 14.0. The van der Waals surface area contributed by atoms with Crippen LogP contribution in [0.25, 0.3) is 0 Å². The highest BCUT2D eigenvalue weighted by molar-refractivity contribution is 5.91. The second-order valence-electron chi connectivity index (χ2n) is 5.22. The van der Waals surface area contributed by atoms with Crippen LogP contribution >= 0.6 is 0 Å². The second kappa shape index (κ2) is 6.68. The zero-order chi connectivity index (χ0) is 13.7. The van der Waals surface area contributed by atoms with Gasteiger partial charge in [0.05, 0.1) is 0 Å². The highest BCUT2D eigenvalue weighted by Gasteiger charge is 2.12. The van der Waals surface area contributed by atoms with E-state index in [1.165, 1.54) is 11.1 Å². The number of methoxy groups -OCH3 is 1. The van der Waals surface area contributed by atoms with Crippen LogP contribution < -0.4 is 10.6 Å². The van der Waals surface area contributed by atoms with Gasteiger partial charge in [-0.2, -0.15) is 0 Å². The molecule has 0 radical (unpaired) electrons. The van der Waals surface area contributed by atoms with E-state index in [4.69, 9.17) is 4.74 Å². The maximum Gasteiger partial charge on any atom is 0.224 e. The molecule has 2 rings (SSSR count). The van der Waals surface area contributed by atoms with Gasteiger partial charge in [0.25, 0.3) is 0 Å². The highest BCUT2D eigenvalue weighted by atomic mass is 16.5. The van der Waals surface area contributed by atoms with E-state index in [9.17, 15) is 4.79 Å². The second-order valence-corrected chi connectivity index (χ2v) is 5.22. The van der Waals surface area contributed by atoms with Crippen LogP contribution in [0.4, 0.5) is 5.69 Å². The first-order valence-corrected chi connectivity index (χ1v) is 6.80. The molecule has 0 saturated carbocycles. The number of ether oxygens (including phenoxy) is 1. The Bertz CT molecular complexity index is 446. The SMILES string of the molecule is COCC(C)CC(=O)Nc1ccc2c(c1)CNCC2. The van der Waals surface area contributed by atoms with Crippen molar-refractivity contribution >= 4 is 11.6 Å². The van der Waals surface area contributed by atoms with E-state index in [1.54, 1.807) is 7.11 Å². The number of benzene rings is 1. The standard InChI is InChI=1S/C15H22N2O2/c1-11(10-19-2)7-15(18)17-14-4-3-12-5-6-16-9-13(12)8-14/h3-4,8,11,16H,5-7,9-10H2,1-2H3,(H,17,18). The zero-order valence-electron chi connectivity index (χ0n) is 11.7. The molecule has 104 valence electrons. The average molecular weight is 262 g/mol. The summed E-state index contributed by atoms with van der Waals surface area (Å²) in [5.74, 6) is 0.289. The van der Waals surface area contributed by atoms with Gasteiger partial charge in [-0.25, -0.2) is 0 Å². The lowest BCUT2D eigenvalue weighted by Gasteiger charge is -2.18. The number of nitrogens with one attached hydrogen (secondary N) is 2. The quantitative estimate of drug-likeness (QED) is 0.852. The van der Waals surface area contributed by atoms with E-state index in [0.717, 1.165) is 25.2 Å². The molecule has 1 aliphatic heterocycles. The van der Waals surface area contributed by atoms with Gasteiger partial charge in [0.1, 0.15) is 0 Å². The molecule has 0 saturated heterocycles. The Balaban J connectivity index is 1.93. The summed E-state index contributed by atoms with van der Waals surface area (Å²) in [6.07, 6.45) is 1.55. The summed E-state index contributed by atoms with van der Waals surface area (Å²) in [7, 11) is 1.66. The minimum atomic E-state index is 0.0493. The van der Waals surface area contributed by atoms with Gasteiger partial charge in [-0.3, -0.25) is 4.79 Å². The predicted molar refractivity (Wildman–Crippen MR) is 76.1 cm³/mol. The van der Waals surface area contributed by atoms with Crippen LogP contribution in [0.5, 0.6) is 0 Å². The molecular formula is C15H22N2O2. The molecule has 0 aromatic heterocycles. The van der Waals surface area contributed by atoms with Crippen molar-refractivity contribution in [1.82, 2.24) is 5.32 Å². The summed E-state index contributed by atoms with van der Waals surface area (Å²) in [5, 5.41) is 6.30. The Morgan fingerprint density at radius 3 is 3.11 bits per heavy atom. The smallest absolute Gasteiger partial charge is 0.224 e. The number of hydrogen-bond donors (Lipinski definition) is 2. The topological polar surface area (TPSA) is 50.4 Å². The van der Waals surface area contributed by atoms with E-state index in [1.807, 2.05) is 13.0 Å². The molecular weight excluding hydrogens is 240 g/mol. The monoisotopic (exact) mass is 262 g/mol. The minimum Gasteiger partial charge on any atom is -0.384 e. The van der Waals surface area contributed by atoms with Crippen molar-refractivity contribution in [3.63, 3.8) is 0 Å². The molecule has 1 aromatic rings. The molecule has 1 amide bonds. The van der Waals surface area contributed by atoms with Crippen molar-refractivity contribution in [3.05, 3.63) is 29.3 Å². The van der Waals surface area contributed by atoms with Crippen LogP contribution in [-0.4, -0.2) is 26.2 Å². The van der Waals surface area contributed by atoms with Crippen LogP contribution in [-0.2, 0) is 22.5 Å². The summed E-state index contributed by atoms with van der Waals surface area (Å²) < 4.78 is 5.04. The summed E-state index contributed by atoms with van der Waals surface area (Å²) in [6, 6.07) is 6.17. The normalized spacial score (nSPS) is 15.7. The Kier molecular flexibility index (Phi) is 4.93. The van der Waals surface area contributed by atoms with Crippen LogP contribution in [0.1, 0.15) is 24.5 Å². The molecule has 1 unspecified atom stereocenters. The molecule has 2 N–H and O–H groups in total. The van der Waals surface area contributed by atoms with Gasteiger partial charge in [0.15, 0.2) is 0 Å². The van der Waals surface area contributed by atoms with Gasteiger partial charge in [-0.05, 0) is 42.1 Å². The lowest BCUT2D eigenvalue weighted by Crippen LogP contribution is -2.24. The molecule has 1 heterocycles. The molecule has 0 aliphatic carbocycles. The van der Waals surface area contributed by atoms with Crippen LogP contribution in [0.3, 0.4) is 0 Å². The molecule has 19 heavy (non-hydrogen) atoms. The van der Waals surface area contributed by atoms with Gasteiger partial charge < -0.3 is 15.4 Å². The summed E-state index contributed by atoms with van der Waals surface area (Å²) in [4.78, 5) is 11.9. The van der Waals surface area contributed by atoms with Crippen LogP contribution in [0.2, 0.25) is 0 Å². The van der Waals surface area contributed by atoms with E-state index >= 15 is 0 Å². The fourth-order valence-corrected chi connectivity index (χ4v) is 2.43. The lowest BCUT2D eigenvalue weighted by atomic mass is 10.0. The first-order valence-electron chi connectivity index (χ1n) is 6.80. The van der Waals surface area contributed by atoms with Gasteiger partial charge in [-0.1, -0.05) is 13.0 Å². The summed E-state index contributed by atoms with van der Waals surface area (Å²) in [5.41, 5.74) is 3.55. The third kappa shape index (κ3) is 4.04. The molecule has 1 aliphatic rings. The van der Waals surface area contributed by atoms with Crippen molar-refractivity contribution < 1.29 is 9.53 Å². The number of fused-ring (bicyclic) bond motifs is 1. The third-order valence-corrected chi connectivity index (χ3v) is 3.36. The number of carbonyl (C=O) groups excluding carboxylic acids is 1. The molecule has 4 nitrogen and oxygen atoms in total. The van der Waals surface area contributed by atoms with E-state index in [2.05, 4.69) is 22.8 Å². The average Bonchev–Trinajstić information content (AvgIpc) is 2.38. The van der Waals surface area contributed by atoms with Gasteiger partial charge in [0, 0.05) is 32.4 Å². The number of hydrogen-bond acceptors (Lipinski definition) is 3. The maximum atomic E-state index is 11.9. The Labute approximate surface area is 114 Å². The van der Waals surface area contributed by atoms with Crippen molar-refractivity contribution in [1.29, 1.82) is 0 Å². The molecule has 1 aromatic carbocycles.